The summed E-state index contributed by atoms with van der Waals surface area (Å²) in [6.07, 6.45) is 0. The fourth-order valence-electron chi connectivity index (χ4n) is 12.1. The molecule has 2 N–H and O–H groups in total. The number of hydrogen-bond acceptors (Lipinski definition) is 3. The molecule has 0 aliphatic carbocycles. The van der Waals surface area contributed by atoms with Crippen molar-refractivity contribution in [3.63, 3.8) is 0 Å². The molecule has 2 aliphatic rings. The quantitative estimate of drug-likeness (QED) is 0.109. The maximum Gasteiger partial charge on any atom is 0.333 e. The van der Waals surface area contributed by atoms with Gasteiger partial charge < -0.3 is 19.5 Å². The highest BCUT2D eigenvalue weighted by Crippen LogP contribution is 2.52. The summed E-state index contributed by atoms with van der Waals surface area (Å²) in [5.41, 5.74) is 27.6. The number of benzene rings is 10. The monoisotopic (exact) mass is 887 g/mol. The SMILES string of the molecule is CC(C)(C)c1cc(N2c3cc4c(-c5ccccc5)c5ccccc5c(-c5ccccc5)c4cc3B3c4c(cc(N)cc42)-c2cc4c5ccccc5oc4c4c5ccccc5n3c24)cc(C(C)(C)C)c1. The van der Waals surface area contributed by atoms with Gasteiger partial charge in [-0.05, 0) is 131 Å². The molecule has 4 nitrogen and oxygen atoms in total. The minimum absolute atomic E-state index is 0.104. The van der Waals surface area contributed by atoms with Gasteiger partial charge in [0.2, 0.25) is 0 Å². The van der Waals surface area contributed by atoms with Crippen LogP contribution in [0.15, 0.2) is 186 Å². The van der Waals surface area contributed by atoms with E-state index < -0.39 is 0 Å². The summed E-state index contributed by atoms with van der Waals surface area (Å²) < 4.78 is 9.57. The van der Waals surface area contributed by atoms with Crippen molar-refractivity contribution >= 4 is 106 Å². The average Bonchev–Trinajstić information content (AvgIpc) is 3.90. The summed E-state index contributed by atoms with van der Waals surface area (Å²) in [5, 5.41) is 9.45. The average molecular weight is 888 g/mol. The number of furan rings is 1. The lowest BCUT2D eigenvalue weighted by Crippen LogP contribution is -2.56. The van der Waals surface area contributed by atoms with E-state index >= 15 is 0 Å². The van der Waals surface area contributed by atoms with Crippen molar-refractivity contribution in [3.05, 3.63) is 193 Å². The molecular formula is C64H50BN3O. The largest absolute Gasteiger partial charge is 0.455 e. The van der Waals surface area contributed by atoms with Crippen LogP contribution in [0.4, 0.5) is 22.7 Å². The first kappa shape index (κ1) is 40.1. The van der Waals surface area contributed by atoms with Crippen LogP contribution >= 0.6 is 0 Å². The Bertz CT molecular complexity index is 4130. The molecule has 0 radical (unpaired) electrons. The van der Waals surface area contributed by atoms with Gasteiger partial charge >= 0.3 is 6.85 Å². The Morgan fingerprint density at radius 3 is 1.68 bits per heavy atom. The van der Waals surface area contributed by atoms with Gasteiger partial charge in [0.05, 0.1) is 5.39 Å². The molecule has 69 heavy (non-hydrogen) atoms. The molecule has 4 heterocycles. The summed E-state index contributed by atoms with van der Waals surface area (Å²) >= 11 is 0. The first-order chi connectivity index (χ1) is 33.4. The molecular weight excluding hydrogens is 838 g/mol. The molecule has 0 bridgehead atoms. The van der Waals surface area contributed by atoms with E-state index in [9.17, 15) is 0 Å². The predicted molar refractivity (Wildman–Crippen MR) is 295 cm³/mol. The number of nitrogens with two attached hydrogens (primary N) is 1. The molecule has 5 heteroatoms. The first-order valence-electron chi connectivity index (χ1n) is 24.3. The van der Waals surface area contributed by atoms with Crippen molar-refractivity contribution in [2.75, 3.05) is 10.6 Å². The zero-order chi connectivity index (χ0) is 46.7. The Hall–Kier alpha value is -8.02. The van der Waals surface area contributed by atoms with Gasteiger partial charge in [-0.1, -0.05) is 175 Å². The zero-order valence-electron chi connectivity index (χ0n) is 39.8. The van der Waals surface area contributed by atoms with Gasteiger partial charge in [-0.15, -0.1) is 0 Å². The second kappa shape index (κ2) is 14.0. The molecule has 14 rings (SSSR count). The summed E-state index contributed by atoms with van der Waals surface area (Å²) in [4.78, 5) is 2.57. The zero-order valence-corrected chi connectivity index (χ0v) is 39.8. The van der Waals surface area contributed by atoms with E-state index in [-0.39, 0.29) is 17.7 Å². The third-order valence-corrected chi connectivity index (χ3v) is 15.3. The standard InChI is InChI=1S/C64H50BN3O/c1-63(2,3)39-29-40(64(4,5)6)31-42(30-39)67-54-36-48-47(57(37-19-9-7-10-20-37)44-24-13-14-25-45(44)58(48)38-21-11-8-12-22-38)35-52(54)65-60-49(32-41(66)33-55(60)67)50-34-51-43-23-16-18-28-56(43)69-62(51)59-46-26-15-17-27-53(46)68(65)61(50)59/h7-36H,66H2,1-6H3. The molecule has 0 fully saturated rings. The van der Waals surface area contributed by atoms with E-state index in [1.54, 1.807) is 0 Å². The van der Waals surface area contributed by atoms with Crippen molar-refractivity contribution in [2.45, 2.75) is 52.4 Å². The molecule has 0 saturated carbocycles. The van der Waals surface area contributed by atoms with Gasteiger partial charge in [-0.25, -0.2) is 0 Å². The first-order valence-corrected chi connectivity index (χ1v) is 24.3. The van der Waals surface area contributed by atoms with E-state index in [1.165, 1.54) is 87.8 Å². The normalized spacial score (nSPS) is 13.4. The van der Waals surface area contributed by atoms with E-state index in [4.69, 9.17) is 10.2 Å². The van der Waals surface area contributed by atoms with E-state index in [2.05, 4.69) is 233 Å². The van der Waals surface area contributed by atoms with Gasteiger partial charge in [-0.3, -0.25) is 0 Å². The van der Waals surface area contributed by atoms with Crippen molar-refractivity contribution in [1.82, 2.24) is 4.48 Å². The number of hydrogen-bond donors (Lipinski definition) is 1. The third-order valence-electron chi connectivity index (χ3n) is 15.3. The molecule has 0 spiro atoms. The molecule has 0 saturated heterocycles. The Balaban J connectivity index is 1.22. The van der Waals surface area contributed by atoms with Crippen LogP contribution in [0.2, 0.25) is 0 Å². The highest BCUT2D eigenvalue weighted by atomic mass is 16.3. The lowest BCUT2D eigenvalue weighted by atomic mass is 9.45. The second-order valence-electron chi connectivity index (χ2n) is 21.5. The predicted octanol–water partition coefficient (Wildman–Crippen LogP) is 15.9. The minimum atomic E-state index is -0.203. The molecule has 12 aromatic rings. The Kier molecular flexibility index (Phi) is 8.15. The molecule has 0 amide bonds. The number of fused-ring (bicyclic) bond motifs is 13. The Morgan fingerprint density at radius 2 is 1.04 bits per heavy atom. The number of para-hydroxylation sites is 2. The van der Waals surface area contributed by atoms with Crippen molar-refractivity contribution in [1.29, 1.82) is 0 Å². The van der Waals surface area contributed by atoms with E-state index in [0.717, 1.165) is 55.6 Å². The van der Waals surface area contributed by atoms with Gasteiger partial charge in [-0.2, -0.15) is 0 Å². The van der Waals surface area contributed by atoms with Gasteiger partial charge in [0.25, 0.3) is 0 Å². The third kappa shape index (κ3) is 5.65. The van der Waals surface area contributed by atoms with Crippen molar-refractivity contribution in [2.24, 2.45) is 0 Å². The Morgan fingerprint density at radius 1 is 0.478 bits per heavy atom. The molecule has 2 aliphatic heterocycles. The number of anilines is 4. The second-order valence-corrected chi connectivity index (χ2v) is 21.5. The van der Waals surface area contributed by atoms with E-state index in [0.29, 0.717) is 0 Å². The summed E-state index contributed by atoms with van der Waals surface area (Å²) in [6, 6.07) is 67.7. The van der Waals surface area contributed by atoms with Crippen LogP contribution < -0.4 is 21.6 Å². The lowest BCUT2D eigenvalue weighted by Gasteiger charge is -2.42. The fourth-order valence-corrected chi connectivity index (χ4v) is 12.1. The van der Waals surface area contributed by atoms with Gasteiger partial charge in [0.1, 0.15) is 11.2 Å². The maximum atomic E-state index is 7.28. The number of rotatable bonds is 3. The maximum absolute atomic E-state index is 7.28. The lowest BCUT2D eigenvalue weighted by molar-refractivity contribution is 0.569. The Labute approximate surface area is 402 Å². The van der Waals surface area contributed by atoms with Crippen LogP contribution in [-0.2, 0) is 10.8 Å². The smallest absolute Gasteiger partial charge is 0.333 e. The summed E-state index contributed by atoms with van der Waals surface area (Å²) in [5.74, 6) is 0. The van der Waals surface area contributed by atoms with Gasteiger partial charge in [0.15, 0.2) is 0 Å². The van der Waals surface area contributed by atoms with E-state index in [1.807, 2.05) is 0 Å². The molecule has 330 valence electrons. The van der Waals surface area contributed by atoms with Crippen molar-refractivity contribution < 1.29 is 4.42 Å². The molecule has 0 atom stereocenters. The fraction of sp³-hybridized carbons (Fsp3) is 0.125. The number of nitrogen functional groups attached to an aromatic ring is 1. The van der Waals surface area contributed by atoms with Crippen LogP contribution in [-0.4, -0.2) is 11.3 Å². The molecule has 0 unspecified atom stereocenters. The number of aromatic nitrogens is 1. The van der Waals surface area contributed by atoms with Crippen LogP contribution in [0.5, 0.6) is 0 Å². The van der Waals surface area contributed by atoms with Gasteiger partial charge in [0, 0.05) is 55.5 Å². The van der Waals surface area contributed by atoms with Crippen LogP contribution in [0.3, 0.4) is 0 Å². The summed E-state index contributed by atoms with van der Waals surface area (Å²) in [6.45, 7) is 13.8. The topological polar surface area (TPSA) is 47.3 Å². The highest BCUT2D eigenvalue weighted by molar-refractivity contribution is 6.90. The highest BCUT2D eigenvalue weighted by Gasteiger charge is 2.44. The van der Waals surface area contributed by atoms with Crippen molar-refractivity contribution in [3.8, 4) is 33.4 Å². The number of nitrogens with zero attached hydrogens (tertiary/aromatic N) is 2. The molecule has 10 aromatic carbocycles. The van der Waals surface area contributed by atoms with Crippen LogP contribution in [0.1, 0.15) is 52.7 Å². The molecule has 2 aromatic heterocycles. The van der Waals surface area contributed by atoms with Crippen LogP contribution in [0, 0.1) is 0 Å². The summed E-state index contributed by atoms with van der Waals surface area (Å²) in [7, 11) is 0. The minimum Gasteiger partial charge on any atom is -0.455 e. The van der Waals surface area contributed by atoms with Crippen LogP contribution in [0.25, 0.3) is 98.7 Å².